The Morgan fingerprint density at radius 2 is 1.74 bits per heavy atom. The predicted octanol–water partition coefficient (Wildman–Crippen LogP) is 9.21. The molecule has 2 atom stereocenters. The van der Waals surface area contributed by atoms with Crippen LogP contribution in [0.2, 0.25) is 0 Å². The van der Waals surface area contributed by atoms with Gasteiger partial charge in [-0.2, -0.15) is 11.6 Å². The number of allylic oxidation sites excluding steroid dienone is 3. The maximum absolute atomic E-state index is 6.59. The molecule has 2 unspecified atom stereocenters. The minimum Gasteiger partial charge on any atom is -0.509 e. The van der Waals surface area contributed by atoms with Gasteiger partial charge in [-0.15, -0.1) is 24.3 Å². The van der Waals surface area contributed by atoms with Crippen LogP contribution in [0, 0.1) is 25.0 Å². The molecule has 0 radical (unpaired) electrons. The Hall–Kier alpha value is -4.60. The number of hydrogen-bond donors (Lipinski definition) is 0. The zero-order chi connectivity index (χ0) is 31.1. The van der Waals surface area contributed by atoms with E-state index in [4.69, 9.17) is 4.74 Å². The molecule has 234 valence electrons. The zero-order valence-corrected chi connectivity index (χ0v) is 29.2. The number of aryl methyl sites for hydroxylation is 2. The van der Waals surface area contributed by atoms with Crippen LogP contribution < -0.4 is 19.1 Å². The molecule has 47 heavy (non-hydrogen) atoms. The molecule has 2 aliphatic carbocycles. The Kier molecular flexibility index (Phi) is 7.15. The Labute approximate surface area is 290 Å². The fourth-order valence-electron chi connectivity index (χ4n) is 7.99. The minimum atomic E-state index is 0. The summed E-state index contributed by atoms with van der Waals surface area (Å²) in [5.41, 5.74) is 10.6. The van der Waals surface area contributed by atoms with Crippen LogP contribution in [0.5, 0.6) is 11.5 Å². The number of rotatable bonds is 1. The first-order valence-corrected chi connectivity index (χ1v) is 16.2. The molecule has 4 bridgehead atoms. The van der Waals surface area contributed by atoms with Gasteiger partial charge in [-0.1, -0.05) is 73.0 Å². The normalized spacial score (nSPS) is 19.1. The van der Waals surface area contributed by atoms with Gasteiger partial charge in [-0.25, -0.2) is 9.13 Å². The maximum atomic E-state index is 6.59. The van der Waals surface area contributed by atoms with Gasteiger partial charge in [0.2, 0.25) is 0 Å². The van der Waals surface area contributed by atoms with Gasteiger partial charge in [-0.3, -0.25) is 0 Å². The number of para-hydroxylation sites is 2. The molecule has 2 aliphatic heterocycles. The molecule has 2 aromatic heterocycles. The molecule has 6 heteroatoms. The van der Waals surface area contributed by atoms with E-state index in [2.05, 4.69) is 156 Å². The molecule has 0 spiro atoms. The number of hydrogen-bond acceptors (Lipinski definition) is 3. The van der Waals surface area contributed by atoms with Gasteiger partial charge in [0.15, 0.2) is 5.82 Å². The third-order valence-corrected chi connectivity index (χ3v) is 9.70. The van der Waals surface area contributed by atoms with Crippen molar-refractivity contribution in [1.82, 2.24) is 4.57 Å². The van der Waals surface area contributed by atoms with Crippen molar-refractivity contribution < 1.29 is 30.4 Å². The first-order valence-electron chi connectivity index (χ1n) is 16.2. The van der Waals surface area contributed by atoms with E-state index in [1.807, 2.05) is 6.07 Å². The average Bonchev–Trinajstić information content (AvgIpc) is 3.52. The first kappa shape index (κ1) is 29.8. The first-order chi connectivity index (χ1) is 22.4. The monoisotopic (exact) mass is 794 g/mol. The number of aromatic nitrogens is 2. The summed E-state index contributed by atoms with van der Waals surface area (Å²) in [7, 11) is 0. The molecule has 0 fully saturated rings. The van der Waals surface area contributed by atoms with Gasteiger partial charge in [-0.05, 0) is 68.0 Å². The number of nitrogens with zero attached hydrogens (tertiary/aromatic N) is 4. The second-order valence-corrected chi connectivity index (χ2v) is 13.0. The van der Waals surface area contributed by atoms with E-state index in [0.29, 0.717) is 17.4 Å². The van der Waals surface area contributed by atoms with Gasteiger partial charge in [0.05, 0.1) is 23.6 Å². The van der Waals surface area contributed by atoms with E-state index in [-0.39, 0.29) is 27.1 Å². The molecule has 0 saturated carbocycles. The third kappa shape index (κ3) is 4.66. The fourth-order valence-corrected chi connectivity index (χ4v) is 7.99. The van der Waals surface area contributed by atoms with Crippen LogP contribution in [-0.2, 0) is 27.5 Å². The number of anilines is 3. The Balaban J connectivity index is 0.00000324. The van der Waals surface area contributed by atoms with Crippen molar-refractivity contribution in [3.63, 3.8) is 0 Å². The molecule has 4 aliphatic rings. The summed E-state index contributed by atoms with van der Waals surface area (Å²) in [6.45, 7) is 8.93. The van der Waals surface area contributed by atoms with Gasteiger partial charge >= 0.3 is 21.1 Å². The summed E-state index contributed by atoms with van der Waals surface area (Å²) in [5, 5.41) is 1.22. The molecule has 4 heterocycles. The van der Waals surface area contributed by atoms with E-state index in [1.54, 1.807) is 0 Å². The minimum absolute atomic E-state index is 0. The SMILES string of the molecule is CC1=CC(C)C(N2C3=C[n+]4ccccc4-n4c5c(c6ccc([c-]c64)Oc4[c-]c(cc(C)c4)N3c3ccccc32)CCC=C5)C(C)=C1.[Pt+2]. The molecular formula is C41H35N4OPt+. The van der Waals surface area contributed by atoms with Crippen molar-refractivity contribution in [2.24, 2.45) is 5.92 Å². The number of fused-ring (bicyclic) bond motifs is 12. The van der Waals surface area contributed by atoms with Gasteiger partial charge in [0, 0.05) is 23.1 Å². The standard InChI is InChI=1S/C41H35N4O.Pt/c1-26-19-28(3)41(29(4)20-26)45-37-14-8-7-13-36(37)43-30-21-27(2)22-32(23-30)46-31-16-17-34-33-11-5-6-12-35(33)44(38(34)24-31)39-15-9-10-18-42(39)25-40(43)45;/h6-10,12-22,25,28,41H,5,11H2,1-4H3;/q-1;+2. The van der Waals surface area contributed by atoms with E-state index < -0.39 is 0 Å². The second kappa shape index (κ2) is 11.3. The van der Waals surface area contributed by atoms with Crippen LogP contribution in [0.3, 0.4) is 0 Å². The van der Waals surface area contributed by atoms with E-state index in [1.165, 1.54) is 33.5 Å². The average molecular weight is 795 g/mol. The van der Waals surface area contributed by atoms with Crippen LogP contribution in [0.25, 0.3) is 29.0 Å². The van der Waals surface area contributed by atoms with E-state index >= 15 is 0 Å². The zero-order valence-electron chi connectivity index (χ0n) is 26.9. The van der Waals surface area contributed by atoms with Crippen LogP contribution in [0.1, 0.15) is 44.0 Å². The molecule has 3 aromatic carbocycles. The molecule has 0 N–H and O–H groups in total. The van der Waals surface area contributed by atoms with Crippen LogP contribution in [0.15, 0.2) is 108 Å². The number of benzene rings is 3. The third-order valence-electron chi connectivity index (χ3n) is 9.70. The Morgan fingerprint density at radius 1 is 0.915 bits per heavy atom. The van der Waals surface area contributed by atoms with Gasteiger partial charge in [0.25, 0.3) is 5.82 Å². The second-order valence-electron chi connectivity index (χ2n) is 13.0. The van der Waals surface area contributed by atoms with Gasteiger partial charge < -0.3 is 14.5 Å². The number of ether oxygens (including phenoxy) is 1. The fraction of sp³-hybridized carbons (Fsp3) is 0.195. The van der Waals surface area contributed by atoms with Gasteiger partial charge in [0.1, 0.15) is 11.9 Å². The summed E-state index contributed by atoms with van der Waals surface area (Å²) in [6.07, 6.45) is 15.8. The molecule has 0 amide bonds. The summed E-state index contributed by atoms with van der Waals surface area (Å²) in [5.74, 6) is 3.77. The van der Waals surface area contributed by atoms with Crippen molar-refractivity contribution in [2.45, 2.75) is 46.6 Å². The van der Waals surface area contributed by atoms with Crippen molar-refractivity contribution in [3.05, 3.63) is 137 Å². The van der Waals surface area contributed by atoms with Crippen molar-refractivity contribution in [2.75, 3.05) is 9.80 Å². The summed E-state index contributed by atoms with van der Waals surface area (Å²) < 4.78 is 11.2. The molecule has 0 saturated heterocycles. The number of pyridine rings is 1. The predicted molar refractivity (Wildman–Crippen MR) is 186 cm³/mol. The maximum Gasteiger partial charge on any atom is 2.00 e. The van der Waals surface area contributed by atoms with E-state index in [9.17, 15) is 0 Å². The quantitative estimate of drug-likeness (QED) is 0.125. The molecular weight excluding hydrogens is 760 g/mol. The summed E-state index contributed by atoms with van der Waals surface area (Å²) >= 11 is 0. The van der Waals surface area contributed by atoms with Crippen LogP contribution in [0.4, 0.5) is 17.1 Å². The summed E-state index contributed by atoms with van der Waals surface area (Å²) in [4.78, 5) is 4.88. The topological polar surface area (TPSA) is 24.5 Å². The molecule has 5 nitrogen and oxygen atoms in total. The largest absolute Gasteiger partial charge is 2.00 e. The summed E-state index contributed by atoms with van der Waals surface area (Å²) in [6, 6.07) is 31.1. The molecule has 9 rings (SSSR count). The van der Waals surface area contributed by atoms with Crippen LogP contribution >= 0.6 is 0 Å². The Bertz CT molecular complexity index is 2220. The molecule has 5 aromatic rings. The van der Waals surface area contributed by atoms with Crippen molar-refractivity contribution in [1.29, 1.82) is 0 Å². The smallest absolute Gasteiger partial charge is 0.509 e. The van der Waals surface area contributed by atoms with Crippen molar-refractivity contribution >= 4 is 40.2 Å². The Morgan fingerprint density at radius 3 is 2.60 bits per heavy atom. The van der Waals surface area contributed by atoms with Crippen molar-refractivity contribution in [3.8, 4) is 17.3 Å². The van der Waals surface area contributed by atoms with Crippen LogP contribution in [-0.4, -0.2) is 10.6 Å². The van der Waals surface area contributed by atoms with E-state index in [0.717, 1.165) is 46.9 Å².